The van der Waals surface area contributed by atoms with Crippen molar-refractivity contribution in [1.29, 1.82) is 0 Å². The van der Waals surface area contributed by atoms with Crippen LogP contribution < -0.4 is 0 Å². The van der Waals surface area contributed by atoms with Crippen molar-refractivity contribution < 1.29 is 4.79 Å². The van der Waals surface area contributed by atoms with Gasteiger partial charge in [-0.15, -0.1) is 11.3 Å². The number of piperidine rings is 1. The van der Waals surface area contributed by atoms with Gasteiger partial charge in [-0.25, -0.2) is 14.5 Å². The highest BCUT2D eigenvalue weighted by Crippen LogP contribution is 2.29. The number of aromatic nitrogens is 4. The zero-order chi connectivity index (χ0) is 20.7. The minimum atomic E-state index is 0.223. The maximum Gasteiger partial charge on any atom is 0.222 e. The summed E-state index contributed by atoms with van der Waals surface area (Å²) in [5, 5.41) is 8.96. The second kappa shape index (κ2) is 7.80. The Morgan fingerprint density at radius 2 is 2.13 bits per heavy atom. The molecule has 0 bridgehead atoms. The van der Waals surface area contributed by atoms with Crippen LogP contribution in [0, 0.1) is 13.8 Å². The SMILES string of the molecule is Cc1nc2c3ccccc3nn2c(C)c1CCC(=O)N1CCCC(c2nccs2)C1. The molecule has 1 unspecified atom stereocenters. The summed E-state index contributed by atoms with van der Waals surface area (Å²) in [6.45, 7) is 5.74. The number of hydrogen-bond donors (Lipinski definition) is 0. The number of aryl methyl sites for hydroxylation is 2. The third-order valence-electron chi connectivity index (χ3n) is 6.18. The first-order chi connectivity index (χ1) is 14.6. The highest BCUT2D eigenvalue weighted by atomic mass is 32.1. The number of nitrogens with zero attached hydrogens (tertiary/aromatic N) is 5. The van der Waals surface area contributed by atoms with Crippen molar-refractivity contribution in [1.82, 2.24) is 24.5 Å². The second-order valence-corrected chi connectivity index (χ2v) is 8.99. The molecule has 1 amide bonds. The molecule has 0 N–H and O–H groups in total. The largest absolute Gasteiger partial charge is 0.342 e. The fraction of sp³-hybridized carbons (Fsp3) is 0.391. The van der Waals surface area contributed by atoms with Gasteiger partial charge in [-0.05, 0) is 50.8 Å². The second-order valence-electron chi connectivity index (χ2n) is 8.06. The molecule has 3 aromatic heterocycles. The van der Waals surface area contributed by atoms with Crippen LogP contribution in [0.2, 0.25) is 0 Å². The summed E-state index contributed by atoms with van der Waals surface area (Å²) in [5.41, 5.74) is 5.01. The summed E-state index contributed by atoms with van der Waals surface area (Å²) in [7, 11) is 0. The lowest BCUT2D eigenvalue weighted by Gasteiger charge is -2.32. The molecule has 4 aromatic rings. The van der Waals surface area contributed by atoms with Gasteiger partial charge in [-0.2, -0.15) is 5.10 Å². The van der Waals surface area contributed by atoms with E-state index in [4.69, 9.17) is 10.1 Å². The van der Waals surface area contributed by atoms with Crippen LogP contribution in [0.1, 0.15) is 47.1 Å². The Morgan fingerprint density at radius 1 is 1.27 bits per heavy atom. The molecule has 154 valence electrons. The standard InChI is InChI=1S/C23H25N5OS/c1-15-18(16(2)28-22(25-15)19-7-3-4-8-20(19)26-28)9-10-21(29)27-12-5-6-17(14-27)23-24-11-13-30-23/h3-4,7-8,11,13,17H,5-6,9-10,12,14H2,1-2H3. The van der Waals surface area contributed by atoms with E-state index in [-0.39, 0.29) is 5.91 Å². The number of benzene rings is 1. The topological polar surface area (TPSA) is 63.4 Å². The molecular weight excluding hydrogens is 394 g/mol. The third-order valence-corrected chi connectivity index (χ3v) is 7.12. The Hall–Kier alpha value is -2.80. The van der Waals surface area contributed by atoms with Crippen LogP contribution in [0.5, 0.6) is 0 Å². The molecule has 0 radical (unpaired) electrons. The van der Waals surface area contributed by atoms with Crippen LogP contribution in [0.25, 0.3) is 16.6 Å². The number of amides is 1. The van der Waals surface area contributed by atoms with E-state index in [9.17, 15) is 4.79 Å². The molecule has 6 nitrogen and oxygen atoms in total. The molecule has 4 heterocycles. The molecule has 0 aliphatic carbocycles. The lowest BCUT2D eigenvalue weighted by molar-refractivity contribution is -0.132. The van der Waals surface area contributed by atoms with E-state index >= 15 is 0 Å². The van der Waals surface area contributed by atoms with E-state index in [2.05, 4.69) is 18.0 Å². The van der Waals surface area contributed by atoms with Crippen molar-refractivity contribution in [2.45, 2.75) is 45.4 Å². The normalized spacial score (nSPS) is 17.1. The van der Waals surface area contributed by atoms with Gasteiger partial charge < -0.3 is 4.90 Å². The zero-order valence-corrected chi connectivity index (χ0v) is 18.2. The monoisotopic (exact) mass is 419 g/mol. The number of fused-ring (bicyclic) bond motifs is 3. The van der Waals surface area contributed by atoms with Gasteiger partial charge in [0.2, 0.25) is 5.91 Å². The van der Waals surface area contributed by atoms with Crippen LogP contribution >= 0.6 is 11.3 Å². The lowest BCUT2D eigenvalue weighted by atomic mass is 9.98. The van der Waals surface area contributed by atoms with Crippen LogP contribution in [-0.2, 0) is 11.2 Å². The van der Waals surface area contributed by atoms with Gasteiger partial charge in [0.1, 0.15) is 0 Å². The van der Waals surface area contributed by atoms with E-state index in [1.807, 2.05) is 46.1 Å². The third kappa shape index (κ3) is 3.37. The average molecular weight is 420 g/mol. The molecule has 1 saturated heterocycles. The van der Waals surface area contributed by atoms with Crippen LogP contribution in [0.15, 0.2) is 35.8 Å². The number of rotatable bonds is 4. The number of carbonyl (C=O) groups is 1. The Morgan fingerprint density at radius 3 is 2.97 bits per heavy atom. The molecule has 30 heavy (non-hydrogen) atoms. The molecule has 1 aliphatic heterocycles. The molecule has 0 spiro atoms. The van der Waals surface area contributed by atoms with Gasteiger partial charge in [0.15, 0.2) is 5.65 Å². The van der Waals surface area contributed by atoms with Crippen LogP contribution in [0.4, 0.5) is 0 Å². The molecule has 0 saturated carbocycles. The number of likely N-dealkylation sites (tertiary alicyclic amines) is 1. The van der Waals surface area contributed by atoms with E-state index in [1.165, 1.54) is 0 Å². The number of hydrogen-bond acceptors (Lipinski definition) is 5. The van der Waals surface area contributed by atoms with E-state index in [1.54, 1.807) is 11.3 Å². The Labute approximate surface area is 179 Å². The predicted molar refractivity (Wildman–Crippen MR) is 119 cm³/mol. The van der Waals surface area contributed by atoms with Crippen LogP contribution in [0.3, 0.4) is 0 Å². The van der Waals surface area contributed by atoms with Crippen molar-refractivity contribution in [3.8, 4) is 0 Å². The zero-order valence-electron chi connectivity index (χ0n) is 17.3. The highest BCUT2D eigenvalue weighted by molar-refractivity contribution is 7.09. The Bertz CT molecular complexity index is 1210. The van der Waals surface area contributed by atoms with Crippen LogP contribution in [-0.4, -0.2) is 43.5 Å². The van der Waals surface area contributed by atoms with Crippen molar-refractivity contribution in [3.63, 3.8) is 0 Å². The molecule has 1 aromatic carbocycles. The lowest BCUT2D eigenvalue weighted by Crippen LogP contribution is -2.39. The van der Waals surface area contributed by atoms with Gasteiger partial charge in [0, 0.05) is 53.8 Å². The highest BCUT2D eigenvalue weighted by Gasteiger charge is 2.26. The van der Waals surface area contributed by atoms with E-state index < -0.39 is 0 Å². The fourth-order valence-electron chi connectivity index (χ4n) is 4.57. The van der Waals surface area contributed by atoms with E-state index in [0.717, 1.165) is 64.4 Å². The molecule has 5 rings (SSSR count). The average Bonchev–Trinajstić information content (AvgIpc) is 3.42. The summed E-state index contributed by atoms with van der Waals surface area (Å²) < 4.78 is 1.93. The maximum atomic E-state index is 13.0. The summed E-state index contributed by atoms with van der Waals surface area (Å²) in [5.74, 6) is 0.599. The number of carbonyl (C=O) groups excluding carboxylic acids is 1. The maximum absolute atomic E-state index is 13.0. The molecule has 1 fully saturated rings. The van der Waals surface area contributed by atoms with Gasteiger partial charge in [-0.3, -0.25) is 4.79 Å². The van der Waals surface area contributed by atoms with Gasteiger partial charge >= 0.3 is 0 Å². The van der Waals surface area contributed by atoms with E-state index in [0.29, 0.717) is 18.8 Å². The molecule has 1 aliphatic rings. The first-order valence-corrected chi connectivity index (χ1v) is 11.4. The predicted octanol–water partition coefficient (Wildman–Crippen LogP) is 4.29. The minimum Gasteiger partial charge on any atom is -0.342 e. The van der Waals surface area contributed by atoms with Crippen molar-refractivity contribution in [2.75, 3.05) is 13.1 Å². The summed E-state index contributed by atoms with van der Waals surface area (Å²) in [4.78, 5) is 24.3. The first-order valence-electron chi connectivity index (χ1n) is 10.5. The summed E-state index contributed by atoms with van der Waals surface area (Å²) >= 11 is 1.69. The van der Waals surface area contributed by atoms with Gasteiger partial charge in [0.25, 0.3) is 0 Å². The quantitative estimate of drug-likeness (QED) is 0.495. The van der Waals surface area contributed by atoms with Crippen molar-refractivity contribution in [2.24, 2.45) is 0 Å². The summed E-state index contributed by atoms with van der Waals surface area (Å²) in [6, 6.07) is 8.08. The Balaban J connectivity index is 1.34. The van der Waals surface area contributed by atoms with Crippen molar-refractivity contribution >= 4 is 33.8 Å². The first kappa shape index (κ1) is 19.2. The number of thiazole rings is 1. The van der Waals surface area contributed by atoms with Gasteiger partial charge in [-0.1, -0.05) is 12.1 Å². The van der Waals surface area contributed by atoms with Gasteiger partial charge in [0.05, 0.1) is 10.5 Å². The smallest absolute Gasteiger partial charge is 0.222 e. The van der Waals surface area contributed by atoms with Crippen molar-refractivity contribution in [3.05, 3.63) is 57.8 Å². The Kier molecular flexibility index (Phi) is 4.98. The fourth-order valence-corrected chi connectivity index (χ4v) is 5.34. The molecular formula is C23H25N5OS. The summed E-state index contributed by atoms with van der Waals surface area (Å²) in [6.07, 6.45) is 5.20. The minimum absolute atomic E-state index is 0.223. The molecule has 1 atom stereocenters. The molecule has 7 heteroatoms.